The van der Waals surface area contributed by atoms with Crippen molar-refractivity contribution >= 4 is 44.8 Å². The second kappa shape index (κ2) is 7.64. The number of amides is 2. The Bertz CT molecular complexity index is 1500. The van der Waals surface area contributed by atoms with Gasteiger partial charge in [0.05, 0.1) is 23.3 Å². The molecule has 6 rings (SSSR count). The Hall–Kier alpha value is -3.76. The summed E-state index contributed by atoms with van der Waals surface area (Å²) in [5.74, 6) is -1.01. The van der Waals surface area contributed by atoms with Gasteiger partial charge in [0.15, 0.2) is 6.23 Å². The highest BCUT2D eigenvalue weighted by atomic mass is 16.5. The molecule has 0 bridgehead atoms. The number of hydrogen-bond donors (Lipinski definition) is 5. The molecule has 1 fully saturated rings. The third-order valence-corrected chi connectivity index (χ3v) is 6.55. The minimum Gasteiger partial charge on any atom is -0.388 e. The van der Waals surface area contributed by atoms with E-state index in [9.17, 15) is 24.9 Å². The average Bonchev–Trinajstić information content (AvgIpc) is 3.50. The van der Waals surface area contributed by atoms with E-state index in [0.29, 0.717) is 22.0 Å². The summed E-state index contributed by atoms with van der Waals surface area (Å²) in [4.78, 5) is 29.1. The molecule has 2 aliphatic rings. The highest BCUT2D eigenvalue weighted by Crippen LogP contribution is 2.40. The van der Waals surface area contributed by atoms with Crippen molar-refractivity contribution < 1.29 is 29.6 Å². The normalized spacial score (nSPS) is 25.5. The van der Waals surface area contributed by atoms with Crippen LogP contribution >= 0.6 is 0 Å². The number of carbonyl (C=O) groups excluding carboxylic acids is 2. The lowest BCUT2D eigenvalue weighted by atomic mass is 9.95. The minimum absolute atomic E-state index is 0.160. The Morgan fingerprint density at radius 1 is 0.853 bits per heavy atom. The van der Waals surface area contributed by atoms with E-state index in [2.05, 4.69) is 10.3 Å². The maximum Gasteiger partial charge on any atom is 0.259 e. The zero-order valence-electron chi connectivity index (χ0n) is 17.8. The number of nitrogens with zero attached hydrogens (tertiary/aromatic N) is 1. The fourth-order valence-corrected chi connectivity index (χ4v) is 4.90. The van der Waals surface area contributed by atoms with E-state index in [1.54, 1.807) is 29.1 Å². The first-order valence-corrected chi connectivity index (χ1v) is 10.9. The first kappa shape index (κ1) is 20.8. The minimum atomic E-state index is -1.39. The standard InChI is InChI=1S/C25H21N3O6/c29-18-11-34-25(22(31)21(18)30)28-10-15(13-6-2-4-8-17(13)28)20-19(23(32)27-24(20)33)14-9-26-16-7-3-1-5-12(14)16/h1-10,18,21-22,25-26,29-31H,11H2,(H,27,32,33). The highest BCUT2D eigenvalue weighted by molar-refractivity contribution is 6.50. The summed E-state index contributed by atoms with van der Waals surface area (Å²) in [6.07, 6.45) is -1.63. The second-order valence-electron chi connectivity index (χ2n) is 8.52. The average molecular weight is 459 g/mol. The number of ether oxygens (including phenoxy) is 1. The summed E-state index contributed by atoms with van der Waals surface area (Å²) >= 11 is 0. The van der Waals surface area contributed by atoms with Gasteiger partial charge < -0.3 is 29.6 Å². The van der Waals surface area contributed by atoms with Gasteiger partial charge in [-0.15, -0.1) is 0 Å². The first-order valence-electron chi connectivity index (χ1n) is 10.9. The summed E-state index contributed by atoms with van der Waals surface area (Å²) < 4.78 is 7.29. The van der Waals surface area contributed by atoms with Gasteiger partial charge in [-0.25, -0.2) is 0 Å². The molecule has 0 aliphatic carbocycles. The molecule has 5 N–H and O–H groups in total. The van der Waals surface area contributed by atoms with Crippen molar-refractivity contribution in [1.82, 2.24) is 14.9 Å². The van der Waals surface area contributed by atoms with Crippen molar-refractivity contribution in [2.24, 2.45) is 0 Å². The smallest absolute Gasteiger partial charge is 0.259 e. The van der Waals surface area contributed by atoms with Crippen molar-refractivity contribution in [3.8, 4) is 0 Å². The molecule has 0 spiro atoms. The number of aliphatic hydroxyl groups is 3. The molecular formula is C25H21N3O6. The molecule has 9 nitrogen and oxygen atoms in total. The van der Waals surface area contributed by atoms with Gasteiger partial charge in [0, 0.05) is 39.8 Å². The Morgan fingerprint density at radius 3 is 2.32 bits per heavy atom. The van der Waals surface area contributed by atoms with Crippen LogP contribution < -0.4 is 5.32 Å². The molecule has 0 radical (unpaired) electrons. The molecule has 34 heavy (non-hydrogen) atoms. The third kappa shape index (κ3) is 2.95. The zero-order valence-corrected chi connectivity index (χ0v) is 17.8. The molecule has 2 aromatic heterocycles. The first-order chi connectivity index (χ1) is 16.5. The topological polar surface area (TPSA) is 137 Å². The van der Waals surface area contributed by atoms with E-state index in [1.807, 2.05) is 36.4 Å². The molecule has 2 aliphatic heterocycles. The highest BCUT2D eigenvalue weighted by Gasteiger charge is 2.40. The molecule has 4 heterocycles. The number of H-pyrrole nitrogens is 1. The van der Waals surface area contributed by atoms with E-state index < -0.39 is 36.4 Å². The van der Waals surface area contributed by atoms with Crippen LogP contribution in [0.15, 0.2) is 60.9 Å². The Labute approximate surface area is 192 Å². The predicted octanol–water partition coefficient (Wildman–Crippen LogP) is 1.30. The van der Waals surface area contributed by atoms with Gasteiger partial charge in [-0.1, -0.05) is 36.4 Å². The van der Waals surface area contributed by atoms with Crippen molar-refractivity contribution in [3.63, 3.8) is 0 Å². The van der Waals surface area contributed by atoms with E-state index in [1.165, 1.54) is 0 Å². The van der Waals surface area contributed by atoms with Crippen LogP contribution in [0, 0.1) is 0 Å². The van der Waals surface area contributed by atoms with Crippen LogP contribution in [0.5, 0.6) is 0 Å². The van der Waals surface area contributed by atoms with Crippen molar-refractivity contribution in [2.45, 2.75) is 24.5 Å². The second-order valence-corrected chi connectivity index (χ2v) is 8.52. The molecule has 1 saturated heterocycles. The van der Waals surface area contributed by atoms with E-state index >= 15 is 0 Å². The number of hydrogen-bond acceptors (Lipinski definition) is 6. The number of rotatable bonds is 3. The number of carbonyl (C=O) groups is 2. The lowest BCUT2D eigenvalue weighted by Gasteiger charge is -2.36. The summed E-state index contributed by atoms with van der Waals surface area (Å²) in [7, 11) is 0. The van der Waals surface area contributed by atoms with E-state index in [-0.39, 0.29) is 17.8 Å². The molecule has 2 aromatic carbocycles. The SMILES string of the molecule is O=C1NC(=O)C(c2cn(C3OCC(O)C(O)C3O)c3ccccc23)=C1c1c[nH]c2ccccc12. The lowest BCUT2D eigenvalue weighted by Crippen LogP contribution is -2.50. The number of imide groups is 1. The fourth-order valence-electron chi connectivity index (χ4n) is 4.90. The van der Waals surface area contributed by atoms with E-state index in [4.69, 9.17) is 4.74 Å². The molecule has 0 saturated carbocycles. The van der Waals surface area contributed by atoms with Gasteiger partial charge in [-0.05, 0) is 12.1 Å². The van der Waals surface area contributed by atoms with Crippen molar-refractivity contribution in [1.29, 1.82) is 0 Å². The van der Waals surface area contributed by atoms with Crippen LogP contribution in [0.3, 0.4) is 0 Å². The Balaban J connectivity index is 1.59. The summed E-state index contributed by atoms with van der Waals surface area (Å²) in [6, 6.07) is 14.7. The van der Waals surface area contributed by atoms with Crippen molar-refractivity contribution in [2.75, 3.05) is 6.61 Å². The number of nitrogens with one attached hydrogen (secondary N) is 2. The third-order valence-electron chi connectivity index (χ3n) is 6.55. The zero-order chi connectivity index (χ0) is 23.6. The lowest BCUT2D eigenvalue weighted by molar-refractivity contribution is -0.209. The molecule has 2 amide bonds. The summed E-state index contributed by atoms with van der Waals surface area (Å²) in [6.45, 7) is -0.160. The number of aliphatic hydroxyl groups excluding tert-OH is 3. The molecule has 172 valence electrons. The quantitative estimate of drug-likeness (QED) is 0.293. The van der Waals surface area contributed by atoms with Gasteiger partial charge in [-0.2, -0.15) is 0 Å². The molecule has 4 unspecified atom stereocenters. The Morgan fingerprint density at radius 2 is 1.53 bits per heavy atom. The molecular weight excluding hydrogens is 438 g/mol. The number of aromatic nitrogens is 2. The number of benzene rings is 2. The predicted molar refractivity (Wildman–Crippen MR) is 123 cm³/mol. The van der Waals surface area contributed by atoms with Gasteiger partial charge >= 0.3 is 0 Å². The van der Waals surface area contributed by atoms with Crippen LogP contribution in [0.4, 0.5) is 0 Å². The van der Waals surface area contributed by atoms with Crippen LogP contribution in [0.1, 0.15) is 17.4 Å². The fraction of sp³-hybridized carbons (Fsp3) is 0.200. The maximum absolute atomic E-state index is 13.1. The van der Waals surface area contributed by atoms with Gasteiger partial charge in [0.25, 0.3) is 11.8 Å². The Kier molecular flexibility index (Phi) is 4.68. The van der Waals surface area contributed by atoms with E-state index in [0.717, 1.165) is 10.9 Å². The number of para-hydroxylation sites is 2. The monoisotopic (exact) mass is 459 g/mol. The van der Waals surface area contributed by atoms with Gasteiger partial charge in [-0.3, -0.25) is 14.9 Å². The van der Waals surface area contributed by atoms with Crippen LogP contribution in [0.25, 0.3) is 33.0 Å². The molecule has 4 aromatic rings. The molecule has 9 heteroatoms. The summed E-state index contributed by atoms with van der Waals surface area (Å²) in [5, 5.41) is 34.6. The van der Waals surface area contributed by atoms with Crippen LogP contribution in [-0.4, -0.2) is 61.6 Å². The number of fused-ring (bicyclic) bond motifs is 2. The van der Waals surface area contributed by atoms with Crippen molar-refractivity contribution in [3.05, 3.63) is 72.1 Å². The van der Waals surface area contributed by atoms with Crippen LogP contribution in [-0.2, 0) is 14.3 Å². The largest absolute Gasteiger partial charge is 0.388 e. The summed E-state index contributed by atoms with van der Waals surface area (Å²) in [5.41, 5.74) is 3.06. The van der Waals surface area contributed by atoms with Crippen LogP contribution in [0.2, 0.25) is 0 Å². The number of aromatic amines is 1. The maximum atomic E-state index is 13.1. The molecule has 4 atom stereocenters. The van der Waals surface area contributed by atoms with Gasteiger partial charge in [0.1, 0.15) is 18.3 Å². The van der Waals surface area contributed by atoms with Gasteiger partial charge in [0.2, 0.25) is 0 Å².